The molecule has 0 aromatic rings. The minimum atomic E-state index is -0.0733. The van der Waals surface area contributed by atoms with E-state index in [0.717, 1.165) is 17.4 Å². The largest absolute Gasteiger partial charge is 0.569 e. The van der Waals surface area contributed by atoms with Gasteiger partial charge in [0.15, 0.2) is 0 Å². The van der Waals surface area contributed by atoms with E-state index in [4.69, 9.17) is 16.0 Å². The molecule has 62 valence electrons. The molecule has 0 fully saturated rings. The van der Waals surface area contributed by atoms with Gasteiger partial charge in [0, 0.05) is 12.4 Å². The maximum Gasteiger partial charge on any atom is 0.230 e. The van der Waals surface area contributed by atoms with Gasteiger partial charge < -0.3 is 21.2 Å². The van der Waals surface area contributed by atoms with Gasteiger partial charge in [-0.1, -0.05) is 0 Å². The highest BCUT2D eigenvalue weighted by Crippen LogP contribution is 1.85. The van der Waals surface area contributed by atoms with E-state index in [9.17, 15) is 5.21 Å². The van der Waals surface area contributed by atoms with E-state index in [1.807, 2.05) is 0 Å². The first-order valence-corrected chi connectivity index (χ1v) is 2.81. The number of hydrogen-bond acceptors (Lipinski definition) is 4. The third-order valence-corrected chi connectivity index (χ3v) is 0.923. The Morgan fingerprint density at radius 1 is 1.45 bits per heavy atom. The standard InChI is InChI=1S/C4H9N5O2/c5-1-3-8(4-2-6)9(11)7-10/h1-2,5-6,10H,3-4H2. The Labute approximate surface area is 63.1 Å². The van der Waals surface area contributed by atoms with Crippen molar-refractivity contribution < 1.29 is 10.2 Å². The number of rotatable bonds is 5. The molecule has 0 saturated carbocycles. The summed E-state index contributed by atoms with van der Waals surface area (Å²) in [5.74, 6) is 0. The molecule has 7 heteroatoms. The van der Waals surface area contributed by atoms with Gasteiger partial charge in [0.2, 0.25) is 5.28 Å². The Kier molecular flexibility index (Phi) is 4.37. The fraction of sp³-hybridized carbons (Fsp3) is 0.500. The molecule has 0 aliphatic heterocycles. The maximum atomic E-state index is 10.5. The highest BCUT2D eigenvalue weighted by atomic mass is 16.6. The van der Waals surface area contributed by atoms with Gasteiger partial charge in [-0.2, -0.15) is 0 Å². The van der Waals surface area contributed by atoms with Gasteiger partial charge in [0.05, 0.1) is 4.97 Å². The first-order valence-electron chi connectivity index (χ1n) is 2.81. The summed E-state index contributed by atoms with van der Waals surface area (Å²) in [6.45, 7) is 0.0336. The Morgan fingerprint density at radius 2 is 1.91 bits per heavy atom. The van der Waals surface area contributed by atoms with E-state index in [1.54, 1.807) is 0 Å². The molecular weight excluding hydrogens is 150 g/mol. The van der Waals surface area contributed by atoms with Gasteiger partial charge in [0.25, 0.3) is 0 Å². The fourth-order valence-corrected chi connectivity index (χ4v) is 0.482. The summed E-state index contributed by atoms with van der Waals surface area (Å²) < 4.78 is 0. The number of nitrogens with one attached hydrogen (secondary N) is 2. The molecule has 0 atom stereocenters. The Bertz CT molecular complexity index is 158. The first kappa shape index (κ1) is 9.34. The lowest BCUT2D eigenvalue weighted by Crippen LogP contribution is -2.33. The monoisotopic (exact) mass is 159 g/mol. The van der Waals surface area contributed by atoms with Crippen molar-refractivity contribution in [3.63, 3.8) is 0 Å². The second-order valence-electron chi connectivity index (χ2n) is 1.62. The lowest BCUT2D eigenvalue weighted by molar-refractivity contribution is -0.704. The number of hydrogen-bond donors (Lipinski definition) is 3. The summed E-state index contributed by atoms with van der Waals surface area (Å²) in [6.07, 6.45) is 1.94. The van der Waals surface area contributed by atoms with Crippen molar-refractivity contribution in [3.8, 4) is 0 Å². The summed E-state index contributed by atoms with van der Waals surface area (Å²) in [4.78, 5) is -0.0733. The van der Waals surface area contributed by atoms with Gasteiger partial charge in [-0.25, -0.2) is 0 Å². The number of nitrogens with zero attached hydrogens (tertiary/aromatic N) is 3. The highest BCUT2D eigenvalue weighted by molar-refractivity contribution is 5.58. The van der Waals surface area contributed by atoms with Crippen LogP contribution in [0.3, 0.4) is 0 Å². The predicted octanol–water partition coefficient (Wildman–Crippen LogP) is -0.146. The van der Waals surface area contributed by atoms with Crippen LogP contribution < -0.4 is 0 Å². The minimum absolute atomic E-state index is 0.0168. The van der Waals surface area contributed by atoms with Crippen molar-refractivity contribution >= 4 is 12.4 Å². The van der Waals surface area contributed by atoms with Crippen molar-refractivity contribution in [2.24, 2.45) is 5.28 Å². The normalized spacial score (nSPS) is 10.7. The first-order chi connectivity index (χ1) is 5.26. The molecule has 0 radical (unpaired) electrons. The molecule has 0 rings (SSSR count). The molecule has 7 nitrogen and oxygen atoms in total. The van der Waals surface area contributed by atoms with Gasteiger partial charge in [-0.05, 0) is 0 Å². The van der Waals surface area contributed by atoms with Crippen LogP contribution >= 0.6 is 0 Å². The zero-order valence-electron chi connectivity index (χ0n) is 5.77. The van der Waals surface area contributed by atoms with E-state index < -0.39 is 0 Å². The summed E-state index contributed by atoms with van der Waals surface area (Å²) in [5.41, 5.74) is 0. The van der Waals surface area contributed by atoms with Crippen LogP contribution in [0.25, 0.3) is 0 Å². The van der Waals surface area contributed by atoms with Gasteiger partial charge >= 0.3 is 0 Å². The van der Waals surface area contributed by atoms with Crippen molar-refractivity contribution in [2.75, 3.05) is 13.1 Å². The molecule has 0 saturated heterocycles. The molecule has 0 aromatic heterocycles. The summed E-state index contributed by atoms with van der Waals surface area (Å²) >= 11 is 0. The SMILES string of the molecule is N=CCN(CC=N)[N+]([O-])=NO. The molecule has 0 bridgehead atoms. The zero-order valence-corrected chi connectivity index (χ0v) is 5.77. The third-order valence-electron chi connectivity index (χ3n) is 0.923. The van der Waals surface area contributed by atoms with E-state index in [0.29, 0.717) is 0 Å². The second kappa shape index (κ2) is 5.15. The lowest BCUT2D eigenvalue weighted by atomic mass is 10.6. The summed E-state index contributed by atoms with van der Waals surface area (Å²) in [7, 11) is 0. The van der Waals surface area contributed by atoms with Crippen molar-refractivity contribution in [2.45, 2.75) is 0 Å². The van der Waals surface area contributed by atoms with Crippen molar-refractivity contribution in [1.82, 2.24) is 5.01 Å². The van der Waals surface area contributed by atoms with Gasteiger partial charge in [-0.15, -0.1) is 5.01 Å². The van der Waals surface area contributed by atoms with Gasteiger partial charge in [0.1, 0.15) is 13.1 Å². The Morgan fingerprint density at radius 3 is 2.18 bits per heavy atom. The number of hydrazine groups is 1. The molecule has 0 spiro atoms. The summed E-state index contributed by atoms with van der Waals surface area (Å²) in [5, 5.41) is 35.1. The average molecular weight is 159 g/mol. The van der Waals surface area contributed by atoms with E-state index in [-0.39, 0.29) is 18.1 Å². The highest BCUT2D eigenvalue weighted by Gasteiger charge is 2.07. The molecule has 11 heavy (non-hydrogen) atoms. The molecule has 3 N–H and O–H groups in total. The van der Waals surface area contributed by atoms with Crippen LogP contribution in [-0.2, 0) is 0 Å². The smallest absolute Gasteiger partial charge is 0.230 e. The van der Waals surface area contributed by atoms with E-state index >= 15 is 0 Å². The van der Waals surface area contributed by atoms with Crippen LogP contribution in [0.15, 0.2) is 5.28 Å². The predicted molar refractivity (Wildman–Crippen MR) is 37.0 cm³/mol. The molecule has 0 unspecified atom stereocenters. The maximum absolute atomic E-state index is 10.5. The van der Waals surface area contributed by atoms with Crippen LogP contribution in [-0.4, -0.2) is 40.7 Å². The van der Waals surface area contributed by atoms with Crippen molar-refractivity contribution in [1.29, 1.82) is 10.8 Å². The molecule has 0 aromatic carbocycles. The van der Waals surface area contributed by atoms with Crippen LogP contribution in [0, 0.1) is 16.0 Å². The molecule has 0 aliphatic carbocycles. The molecule has 0 heterocycles. The van der Waals surface area contributed by atoms with Crippen LogP contribution in [0.4, 0.5) is 0 Å². The van der Waals surface area contributed by atoms with E-state index in [2.05, 4.69) is 5.28 Å². The third kappa shape index (κ3) is 3.14. The molecular formula is C4H9N5O2. The quantitative estimate of drug-likeness (QED) is 0.224. The zero-order chi connectivity index (χ0) is 8.69. The average Bonchev–Trinajstić information content (AvgIpc) is 2.03. The van der Waals surface area contributed by atoms with Gasteiger partial charge in [-0.3, -0.25) is 0 Å². The second-order valence-corrected chi connectivity index (χ2v) is 1.62. The van der Waals surface area contributed by atoms with Crippen LogP contribution in [0.5, 0.6) is 0 Å². The molecule has 0 aliphatic rings. The lowest BCUT2D eigenvalue weighted by Gasteiger charge is -2.11. The fourth-order valence-electron chi connectivity index (χ4n) is 0.482. The van der Waals surface area contributed by atoms with Crippen LogP contribution in [0.1, 0.15) is 0 Å². The Balaban J connectivity index is 4.07. The Hall–Kier alpha value is -1.66. The van der Waals surface area contributed by atoms with Crippen LogP contribution in [0.2, 0.25) is 0 Å². The summed E-state index contributed by atoms with van der Waals surface area (Å²) in [6, 6.07) is 0. The van der Waals surface area contributed by atoms with Crippen molar-refractivity contribution in [3.05, 3.63) is 5.21 Å². The molecule has 0 amide bonds. The minimum Gasteiger partial charge on any atom is -0.569 e. The van der Waals surface area contributed by atoms with E-state index in [1.165, 1.54) is 0 Å². The topological polar surface area (TPSA) is 110 Å².